The first kappa shape index (κ1) is 20.2. The molecule has 0 saturated heterocycles. The molecular formula is C19H23ClN4O4. The van der Waals surface area contributed by atoms with Crippen LogP contribution in [-0.4, -0.2) is 68.0 Å². The van der Waals surface area contributed by atoms with E-state index in [1.807, 2.05) is 0 Å². The molecule has 0 unspecified atom stereocenters. The molecule has 0 aliphatic carbocycles. The van der Waals surface area contributed by atoms with Crippen LogP contribution in [0, 0.1) is 0 Å². The van der Waals surface area contributed by atoms with Crippen molar-refractivity contribution in [1.82, 2.24) is 20.4 Å². The summed E-state index contributed by atoms with van der Waals surface area (Å²) < 4.78 is 4.95. The fourth-order valence-electron chi connectivity index (χ4n) is 3.37. The number of hydrogen-bond acceptors (Lipinski definition) is 4. The minimum Gasteiger partial charge on any atom is -0.385 e. The van der Waals surface area contributed by atoms with Gasteiger partial charge in [-0.05, 0) is 18.1 Å². The molecule has 1 aromatic rings. The van der Waals surface area contributed by atoms with Crippen molar-refractivity contribution in [3.8, 4) is 0 Å². The number of halogens is 1. The van der Waals surface area contributed by atoms with E-state index in [0.29, 0.717) is 41.4 Å². The maximum Gasteiger partial charge on any atom is 0.322 e. The number of carbonyl (C=O) groups excluding carboxylic acids is 3. The Morgan fingerprint density at radius 1 is 1.36 bits per heavy atom. The van der Waals surface area contributed by atoms with Crippen LogP contribution < -0.4 is 10.6 Å². The minimum atomic E-state index is -0.644. The molecule has 0 radical (unpaired) electrons. The van der Waals surface area contributed by atoms with Gasteiger partial charge in [-0.1, -0.05) is 29.8 Å². The number of rotatable bonds is 7. The zero-order chi connectivity index (χ0) is 20.3. The van der Waals surface area contributed by atoms with E-state index in [4.69, 9.17) is 16.3 Å². The molecule has 0 spiro atoms. The second-order valence-corrected chi connectivity index (χ2v) is 7.09. The van der Waals surface area contributed by atoms with Crippen molar-refractivity contribution in [2.24, 2.45) is 0 Å². The van der Waals surface area contributed by atoms with Gasteiger partial charge in [-0.2, -0.15) is 0 Å². The first-order chi connectivity index (χ1) is 13.4. The molecule has 2 heterocycles. The van der Waals surface area contributed by atoms with Crippen molar-refractivity contribution in [2.75, 3.05) is 40.4 Å². The van der Waals surface area contributed by atoms with Gasteiger partial charge in [0.05, 0.1) is 23.9 Å². The highest BCUT2D eigenvalue weighted by atomic mass is 35.5. The molecule has 8 nitrogen and oxygen atoms in total. The molecule has 0 bridgehead atoms. The molecular weight excluding hydrogens is 384 g/mol. The Morgan fingerprint density at radius 2 is 2.11 bits per heavy atom. The Balaban J connectivity index is 1.77. The zero-order valence-corrected chi connectivity index (χ0v) is 16.6. The van der Waals surface area contributed by atoms with E-state index in [2.05, 4.69) is 10.6 Å². The highest BCUT2D eigenvalue weighted by molar-refractivity contribution is 6.31. The largest absolute Gasteiger partial charge is 0.385 e. The summed E-state index contributed by atoms with van der Waals surface area (Å²) >= 11 is 6.30. The standard InChI is InChI=1S/C19H23ClN4O4/c1-23-14-10-24(11-15(25)21-8-5-9-28-2)18(26)16(14)17(22-19(23)27)12-6-3-4-7-13(12)20/h3-4,6-7,17H,5,8-11H2,1-2H3,(H,21,25)(H,22,27)/t17-/m0/s1. The number of benzene rings is 1. The van der Waals surface area contributed by atoms with E-state index < -0.39 is 6.04 Å². The van der Waals surface area contributed by atoms with Gasteiger partial charge in [-0.25, -0.2) is 4.79 Å². The van der Waals surface area contributed by atoms with Crippen molar-refractivity contribution in [2.45, 2.75) is 12.5 Å². The van der Waals surface area contributed by atoms with Crippen LogP contribution in [0.2, 0.25) is 5.02 Å². The highest BCUT2D eigenvalue weighted by Crippen LogP contribution is 2.37. The lowest BCUT2D eigenvalue weighted by molar-refractivity contribution is -0.131. The van der Waals surface area contributed by atoms with Crippen molar-refractivity contribution in [3.05, 3.63) is 46.1 Å². The normalized spacial score (nSPS) is 19.0. The molecule has 1 aromatic carbocycles. The molecule has 2 N–H and O–H groups in total. The van der Waals surface area contributed by atoms with E-state index in [0.717, 1.165) is 0 Å². The van der Waals surface area contributed by atoms with Crippen LogP contribution >= 0.6 is 11.6 Å². The molecule has 2 aliphatic heterocycles. The topological polar surface area (TPSA) is 91.0 Å². The summed E-state index contributed by atoms with van der Waals surface area (Å²) in [6, 6.07) is 6.12. The second-order valence-electron chi connectivity index (χ2n) is 6.68. The van der Waals surface area contributed by atoms with E-state index in [9.17, 15) is 14.4 Å². The van der Waals surface area contributed by atoms with E-state index >= 15 is 0 Å². The number of urea groups is 1. The first-order valence-corrected chi connectivity index (χ1v) is 9.38. The van der Waals surface area contributed by atoms with Crippen LogP contribution in [0.15, 0.2) is 35.5 Å². The third-order valence-corrected chi connectivity index (χ3v) is 5.18. The number of ether oxygens (including phenoxy) is 1. The number of nitrogens with one attached hydrogen (secondary N) is 2. The Kier molecular flexibility index (Phi) is 6.21. The maximum atomic E-state index is 13.0. The molecule has 4 amide bonds. The predicted octanol–water partition coefficient (Wildman–Crippen LogP) is 1.29. The number of methoxy groups -OCH3 is 1. The number of nitrogens with zero attached hydrogens (tertiary/aromatic N) is 2. The molecule has 150 valence electrons. The summed E-state index contributed by atoms with van der Waals surface area (Å²) in [6.45, 7) is 1.15. The average Bonchev–Trinajstić information content (AvgIpc) is 2.99. The van der Waals surface area contributed by atoms with Crippen LogP contribution in [0.3, 0.4) is 0 Å². The van der Waals surface area contributed by atoms with Gasteiger partial charge >= 0.3 is 6.03 Å². The van der Waals surface area contributed by atoms with Gasteiger partial charge in [0.25, 0.3) is 5.91 Å². The van der Waals surface area contributed by atoms with E-state index in [1.165, 1.54) is 9.80 Å². The van der Waals surface area contributed by atoms with Gasteiger partial charge < -0.3 is 20.3 Å². The van der Waals surface area contributed by atoms with Gasteiger partial charge in [0.15, 0.2) is 0 Å². The van der Waals surface area contributed by atoms with Crippen molar-refractivity contribution in [3.63, 3.8) is 0 Å². The third-order valence-electron chi connectivity index (χ3n) is 4.83. The summed E-state index contributed by atoms with van der Waals surface area (Å²) in [5.41, 5.74) is 1.69. The smallest absolute Gasteiger partial charge is 0.322 e. The van der Waals surface area contributed by atoms with Crippen molar-refractivity contribution >= 4 is 29.4 Å². The Morgan fingerprint density at radius 3 is 2.82 bits per heavy atom. The quantitative estimate of drug-likeness (QED) is 0.667. The fraction of sp³-hybridized carbons (Fsp3) is 0.421. The summed E-state index contributed by atoms with van der Waals surface area (Å²) in [4.78, 5) is 40.5. The van der Waals surface area contributed by atoms with Gasteiger partial charge in [0.2, 0.25) is 5.91 Å². The van der Waals surface area contributed by atoms with E-state index in [-0.39, 0.29) is 30.9 Å². The highest BCUT2D eigenvalue weighted by Gasteiger charge is 2.43. The minimum absolute atomic E-state index is 0.0733. The zero-order valence-electron chi connectivity index (χ0n) is 15.8. The number of hydrogen-bond donors (Lipinski definition) is 2. The SMILES string of the molecule is COCCCNC(=O)CN1CC2=C(C1=O)[C@H](c1ccccc1Cl)NC(=O)N2C. The number of likely N-dealkylation sites (N-methyl/N-ethyl adjacent to an activating group) is 1. The molecule has 3 rings (SSSR count). The van der Waals surface area contributed by atoms with Crippen LogP contribution in [0.5, 0.6) is 0 Å². The van der Waals surface area contributed by atoms with Crippen molar-refractivity contribution < 1.29 is 19.1 Å². The monoisotopic (exact) mass is 406 g/mol. The molecule has 1 atom stereocenters. The van der Waals surface area contributed by atoms with Crippen LogP contribution in [0.1, 0.15) is 18.0 Å². The van der Waals surface area contributed by atoms with Crippen LogP contribution in [0.25, 0.3) is 0 Å². The van der Waals surface area contributed by atoms with Crippen LogP contribution in [-0.2, 0) is 14.3 Å². The van der Waals surface area contributed by atoms with E-state index in [1.54, 1.807) is 38.4 Å². The second kappa shape index (κ2) is 8.62. The predicted molar refractivity (Wildman–Crippen MR) is 104 cm³/mol. The Hall–Kier alpha value is -2.58. The summed E-state index contributed by atoms with van der Waals surface area (Å²) in [5.74, 6) is -0.528. The number of carbonyl (C=O) groups is 3. The molecule has 0 fully saturated rings. The lowest BCUT2D eigenvalue weighted by atomic mass is 9.96. The van der Waals surface area contributed by atoms with Gasteiger partial charge in [0.1, 0.15) is 6.54 Å². The van der Waals surface area contributed by atoms with Gasteiger partial charge in [-0.3, -0.25) is 14.5 Å². The molecule has 28 heavy (non-hydrogen) atoms. The molecule has 0 saturated carbocycles. The Bertz CT molecular complexity index is 826. The summed E-state index contributed by atoms with van der Waals surface area (Å²) in [7, 11) is 3.21. The first-order valence-electron chi connectivity index (χ1n) is 9.00. The van der Waals surface area contributed by atoms with Gasteiger partial charge in [0, 0.05) is 32.3 Å². The van der Waals surface area contributed by atoms with Crippen LogP contribution in [0.4, 0.5) is 4.79 Å². The van der Waals surface area contributed by atoms with Gasteiger partial charge in [-0.15, -0.1) is 0 Å². The molecule has 0 aromatic heterocycles. The van der Waals surface area contributed by atoms with Crippen molar-refractivity contribution in [1.29, 1.82) is 0 Å². The Labute approximate surface area is 168 Å². The lowest BCUT2D eigenvalue weighted by Crippen LogP contribution is -2.45. The third kappa shape index (κ3) is 3.98. The fourth-order valence-corrected chi connectivity index (χ4v) is 3.61. The molecule has 9 heteroatoms. The lowest BCUT2D eigenvalue weighted by Gasteiger charge is -2.31. The maximum absolute atomic E-state index is 13.0. The average molecular weight is 407 g/mol. The molecule has 2 aliphatic rings. The summed E-state index contributed by atoms with van der Waals surface area (Å²) in [6.07, 6.45) is 0.695. The number of amides is 4. The summed E-state index contributed by atoms with van der Waals surface area (Å²) in [5, 5.41) is 6.06.